The molecule has 4 rings (SSSR count). The maximum atomic E-state index is 13.8. The fourth-order valence-corrected chi connectivity index (χ4v) is 4.31. The van der Waals surface area contributed by atoms with Crippen LogP contribution in [0.5, 0.6) is 0 Å². The maximum absolute atomic E-state index is 13.8. The normalized spacial score (nSPS) is 17.9. The van der Waals surface area contributed by atoms with Gasteiger partial charge in [-0.15, -0.1) is 0 Å². The van der Waals surface area contributed by atoms with E-state index in [9.17, 15) is 32.9 Å². The Morgan fingerprint density at radius 3 is 2.39 bits per heavy atom. The average Bonchev–Trinajstić information content (AvgIpc) is 2.85. The zero-order valence-electron chi connectivity index (χ0n) is 20.2. The third-order valence-electron chi connectivity index (χ3n) is 6.01. The second-order valence-electron chi connectivity index (χ2n) is 8.58. The van der Waals surface area contributed by atoms with E-state index in [1.807, 2.05) is 0 Å². The highest BCUT2D eigenvalue weighted by molar-refractivity contribution is 6.04. The van der Waals surface area contributed by atoms with Gasteiger partial charge in [0.25, 0.3) is 5.70 Å². The lowest BCUT2D eigenvalue weighted by Gasteiger charge is -2.28. The number of anilines is 1. The number of alkyl halides is 3. The molecule has 0 bridgehead atoms. The van der Waals surface area contributed by atoms with Gasteiger partial charge in [0.2, 0.25) is 5.91 Å². The van der Waals surface area contributed by atoms with E-state index in [0.717, 1.165) is 17.7 Å². The van der Waals surface area contributed by atoms with Crippen LogP contribution in [-0.2, 0) is 15.7 Å². The van der Waals surface area contributed by atoms with Gasteiger partial charge in [-0.3, -0.25) is 20.2 Å². The minimum Gasteiger partial charge on any atom is -0.411 e. The standard InChI is InChI=1S/C25H22F3N5O5/c1-13-22(33(36)37)21(17-5-3-4-6-18(17)25(26,27)28)23(14(2)29-13)38-24(35)30-16-9-7-15(8-10-16)19-11-12-20(34)32-31-19/h3-10,21,29H,11-12H2,1-2H3,(H,30,35)(H,32,34). The van der Waals surface area contributed by atoms with E-state index in [0.29, 0.717) is 24.2 Å². The van der Waals surface area contributed by atoms with Crippen LogP contribution in [0.4, 0.5) is 23.7 Å². The summed E-state index contributed by atoms with van der Waals surface area (Å²) < 4.78 is 46.9. The summed E-state index contributed by atoms with van der Waals surface area (Å²) in [6, 6.07) is 10.9. The van der Waals surface area contributed by atoms with E-state index in [4.69, 9.17) is 4.74 Å². The van der Waals surface area contributed by atoms with Crippen LogP contribution in [0.25, 0.3) is 0 Å². The minimum absolute atomic E-state index is 0.0274. The van der Waals surface area contributed by atoms with Crippen LogP contribution in [0.2, 0.25) is 0 Å². The molecule has 0 aromatic heterocycles. The second kappa shape index (κ2) is 10.4. The van der Waals surface area contributed by atoms with Crippen molar-refractivity contribution in [1.82, 2.24) is 10.7 Å². The molecule has 38 heavy (non-hydrogen) atoms. The summed E-state index contributed by atoms with van der Waals surface area (Å²) in [4.78, 5) is 35.2. The minimum atomic E-state index is -4.80. The van der Waals surface area contributed by atoms with E-state index >= 15 is 0 Å². The first-order valence-electron chi connectivity index (χ1n) is 11.4. The lowest BCUT2D eigenvalue weighted by atomic mass is 9.86. The van der Waals surface area contributed by atoms with Crippen LogP contribution in [0.15, 0.2) is 76.5 Å². The highest BCUT2D eigenvalue weighted by Gasteiger charge is 2.44. The molecule has 10 nitrogen and oxygen atoms in total. The van der Waals surface area contributed by atoms with Crippen LogP contribution in [0, 0.1) is 10.1 Å². The van der Waals surface area contributed by atoms with Crippen molar-refractivity contribution < 1.29 is 32.4 Å². The number of amides is 2. The molecule has 3 N–H and O–H groups in total. The number of halogens is 3. The summed E-state index contributed by atoms with van der Waals surface area (Å²) in [7, 11) is 0. The zero-order valence-corrected chi connectivity index (χ0v) is 20.2. The van der Waals surface area contributed by atoms with Gasteiger partial charge in [0, 0.05) is 18.5 Å². The number of carbonyl (C=O) groups excluding carboxylic acids is 2. The van der Waals surface area contributed by atoms with Crippen molar-refractivity contribution in [2.45, 2.75) is 38.8 Å². The number of nitrogens with zero attached hydrogens (tertiary/aromatic N) is 2. The summed E-state index contributed by atoms with van der Waals surface area (Å²) in [6.45, 7) is 2.82. The molecule has 2 heterocycles. The van der Waals surface area contributed by atoms with E-state index in [1.54, 1.807) is 24.3 Å². The van der Waals surface area contributed by atoms with Gasteiger partial charge >= 0.3 is 12.3 Å². The molecule has 2 aliphatic heterocycles. The van der Waals surface area contributed by atoms with E-state index in [2.05, 4.69) is 21.2 Å². The van der Waals surface area contributed by atoms with Crippen molar-refractivity contribution in [2.75, 3.05) is 5.32 Å². The van der Waals surface area contributed by atoms with E-state index in [1.165, 1.54) is 26.0 Å². The van der Waals surface area contributed by atoms with Gasteiger partial charge in [0.1, 0.15) is 11.7 Å². The Morgan fingerprint density at radius 1 is 1.11 bits per heavy atom. The van der Waals surface area contributed by atoms with Crippen molar-refractivity contribution in [3.05, 3.63) is 98.2 Å². The lowest BCUT2D eigenvalue weighted by Crippen LogP contribution is -2.31. The summed E-state index contributed by atoms with van der Waals surface area (Å²) in [6.07, 6.45) is -5.10. The van der Waals surface area contributed by atoms with E-state index in [-0.39, 0.29) is 23.1 Å². The average molecular weight is 529 g/mol. The number of nitrogens with one attached hydrogen (secondary N) is 3. The summed E-state index contributed by atoms with van der Waals surface area (Å²) in [5.41, 5.74) is 2.19. The maximum Gasteiger partial charge on any atom is 0.416 e. The highest BCUT2D eigenvalue weighted by Crippen LogP contribution is 2.44. The largest absolute Gasteiger partial charge is 0.416 e. The third kappa shape index (κ3) is 5.51. The number of hydrazone groups is 1. The Kier molecular flexibility index (Phi) is 7.19. The number of rotatable bonds is 5. The molecule has 2 aliphatic rings. The predicted molar refractivity (Wildman–Crippen MR) is 130 cm³/mol. The van der Waals surface area contributed by atoms with Crippen molar-refractivity contribution in [3.8, 4) is 0 Å². The number of dihydropyridines is 1. The van der Waals surface area contributed by atoms with Crippen molar-refractivity contribution in [1.29, 1.82) is 0 Å². The fourth-order valence-electron chi connectivity index (χ4n) is 4.31. The predicted octanol–water partition coefficient (Wildman–Crippen LogP) is 4.99. The van der Waals surface area contributed by atoms with Gasteiger partial charge in [-0.25, -0.2) is 10.2 Å². The van der Waals surface area contributed by atoms with Crippen molar-refractivity contribution in [2.24, 2.45) is 5.10 Å². The summed E-state index contributed by atoms with van der Waals surface area (Å²) in [5, 5.41) is 21.1. The molecule has 0 radical (unpaired) electrons. The summed E-state index contributed by atoms with van der Waals surface area (Å²) in [5.74, 6) is -2.12. The zero-order chi connectivity index (χ0) is 27.6. The molecule has 2 amide bonds. The van der Waals surface area contributed by atoms with Gasteiger partial charge in [0.05, 0.1) is 27.6 Å². The van der Waals surface area contributed by atoms with Crippen LogP contribution >= 0.6 is 0 Å². The molecular formula is C25H22F3N5O5. The van der Waals surface area contributed by atoms with Crippen LogP contribution < -0.4 is 16.1 Å². The molecule has 198 valence electrons. The van der Waals surface area contributed by atoms with Gasteiger partial charge in [0.15, 0.2) is 0 Å². The van der Waals surface area contributed by atoms with Crippen molar-refractivity contribution >= 4 is 23.4 Å². The Morgan fingerprint density at radius 2 is 1.79 bits per heavy atom. The first-order chi connectivity index (χ1) is 18.0. The van der Waals surface area contributed by atoms with Crippen LogP contribution in [0.1, 0.15) is 49.3 Å². The number of hydrogen-bond donors (Lipinski definition) is 3. The number of benzene rings is 2. The molecule has 1 atom stereocenters. The molecule has 13 heteroatoms. The SMILES string of the molecule is CC1=C(OC(=O)Nc2ccc(C3=NNC(=O)CC3)cc2)C(c2ccccc2C(F)(F)F)C([N+](=O)[O-])=C(C)N1. The first-order valence-corrected chi connectivity index (χ1v) is 11.4. The summed E-state index contributed by atoms with van der Waals surface area (Å²) >= 11 is 0. The molecule has 0 aliphatic carbocycles. The molecule has 0 spiro atoms. The molecule has 0 fully saturated rings. The van der Waals surface area contributed by atoms with Gasteiger partial charge < -0.3 is 10.1 Å². The number of nitro groups is 1. The molecule has 1 unspecified atom stereocenters. The number of carbonyl (C=O) groups is 2. The van der Waals surface area contributed by atoms with Crippen molar-refractivity contribution in [3.63, 3.8) is 0 Å². The number of ether oxygens (including phenoxy) is 1. The van der Waals surface area contributed by atoms with Gasteiger partial charge in [-0.05, 0) is 43.2 Å². The molecule has 2 aromatic carbocycles. The quantitative estimate of drug-likeness (QED) is 0.369. The topological polar surface area (TPSA) is 135 Å². The Hall–Kier alpha value is -4.68. The number of allylic oxidation sites excluding steroid dienone is 2. The molecule has 2 aromatic rings. The second-order valence-corrected chi connectivity index (χ2v) is 8.58. The third-order valence-corrected chi connectivity index (χ3v) is 6.01. The first kappa shape index (κ1) is 26.4. The smallest absolute Gasteiger partial charge is 0.411 e. The van der Waals surface area contributed by atoms with Gasteiger partial charge in [-0.1, -0.05) is 30.3 Å². The molecule has 0 saturated heterocycles. The van der Waals surface area contributed by atoms with Crippen LogP contribution in [-0.4, -0.2) is 22.6 Å². The Bertz CT molecular complexity index is 1400. The lowest BCUT2D eigenvalue weighted by molar-refractivity contribution is -0.431. The Labute approximate surface area is 214 Å². The highest BCUT2D eigenvalue weighted by atomic mass is 19.4. The fraction of sp³-hybridized carbons (Fsp3) is 0.240. The van der Waals surface area contributed by atoms with Crippen LogP contribution in [0.3, 0.4) is 0 Å². The Balaban J connectivity index is 1.61. The monoisotopic (exact) mass is 529 g/mol. The number of hydrogen-bond acceptors (Lipinski definition) is 7. The molecular weight excluding hydrogens is 507 g/mol. The van der Waals surface area contributed by atoms with Gasteiger partial charge in [-0.2, -0.15) is 18.3 Å². The van der Waals surface area contributed by atoms with E-state index < -0.39 is 39.9 Å². The molecule has 0 saturated carbocycles.